The Morgan fingerprint density at radius 2 is 2.25 bits per heavy atom. The molecule has 1 aromatic heterocycles. The van der Waals surface area contributed by atoms with Crippen molar-refractivity contribution in [2.45, 2.75) is 17.3 Å². The fourth-order valence-electron chi connectivity index (χ4n) is 1.35. The molecule has 0 saturated carbocycles. The molecule has 0 radical (unpaired) electrons. The molecule has 0 unspecified atom stereocenters. The molecule has 9 heteroatoms. The van der Waals surface area contributed by atoms with Crippen LogP contribution in [0.4, 0.5) is 11.6 Å². The molecule has 0 aliphatic rings. The molecule has 1 atom stereocenters. The molecule has 0 aliphatic carbocycles. The lowest BCUT2D eigenvalue weighted by Gasteiger charge is -2.11. The van der Waals surface area contributed by atoms with E-state index in [2.05, 4.69) is 20.5 Å². The minimum atomic E-state index is -0.416. The number of benzene rings is 1. The van der Waals surface area contributed by atoms with Crippen LogP contribution in [0.5, 0.6) is 0 Å². The van der Waals surface area contributed by atoms with Gasteiger partial charge in [0, 0.05) is 5.02 Å². The van der Waals surface area contributed by atoms with E-state index >= 15 is 0 Å². The highest BCUT2D eigenvalue weighted by Crippen LogP contribution is 2.27. The van der Waals surface area contributed by atoms with Crippen LogP contribution in [0, 0.1) is 0 Å². The summed E-state index contributed by atoms with van der Waals surface area (Å²) < 4.78 is 0. The number of nitrogens with zero attached hydrogens (tertiary/aromatic N) is 2. The van der Waals surface area contributed by atoms with Crippen molar-refractivity contribution in [2.75, 3.05) is 11.1 Å². The van der Waals surface area contributed by atoms with Crippen molar-refractivity contribution in [2.24, 2.45) is 0 Å². The summed E-state index contributed by atoms with van der Waals surface area (Å²) in [5.74, 6) is -0.0273. The van der Waals surface area contributed by atoms with Gasteiger partial charge in [0.25, 0.3) is 0 Å². The number of amides is 1. The molecule has 106 valence electrons. The number of hydrogen-bond acceptors (Lipinski definition) is 5. The number of aromatic amines is 1. The minimum Gasteiger partial charge on any atom is -0.368 e. The topological polar surface area (TPSA) is 96.7 Å². The smallest absolute Gasteiger partial charge is 0.237 e. The average Bonchev–Trinajstić information content (AvgIpc) is 2.79. The van der Waals surface area contributed by atoms with Gasteiger partial charge < -0.3 is 11.1 Å². The van der Waals surface area contributed by atoms with Crippen LogP contribution in [-0.2, 0) is 4.79 Å². The van der Waals surface area contributed by atoms with Crippen molar-refractivity contribution in [3.8, 4) is 0 Å². The molecule has 1 amide bonds. The van der Waals surface area contributed by atoms with Crippen molar-refractivity contribution >= 4 is 52.5 Å². The number of rotatable bonds is 4. The Bertz CT molecular complexity index is 633. The third-order valence-corrected chi connectivity index (χ3v) is 3.85. The number of nitrogen functional groups attached to an aromatic ring is 1. The molecule has 6 nitrogen and oxygen atoms in total. The van der Waals surface area contributed by atoms with Gasteiger partial charge in [-0.3, -0.25) is 4.79 Å². The normalized spacial score (nSPS) is 12.2. The number of hydrogen-bond donors (Lipinski definition) is 3. The second kappa shape index (κ2) is 6.34. The quantitative estimate of drug-likeness (QED) is 0.748. The van der Waals surface area contributed by atoms with Crippen molar-refractivity contribution in [1.29, 1.82) is 0 Å². The molecular formula is C11H11Cl2N5OS. The van der Waals surface area contributed by atoms with Gasteiger partial charge in [-0.1, -0.05) is 35.0 Å². The number of carbonyl (C=O) groups excluding carboxylic acids is 1. The van der Waals surface area contributed by atoms with Crippen LogP contribution in [0.15, 0.2) is 23.4 Å². The standard InChI is InChI=1S/C11H11Cl2N5OS/c1-5(20-11-16-10(14)17-18-11)9(19)15-8-4-6(12)2-3-7(8)13/h2-5H,1H3,(H,15,19)(H3,14,16,17,18)/t5-/m0/s1. The van der Waals surface area contributed by atoms with E-state index in [9.17, 15) is 4.79 Å². The number of nitrogens with one attached hydrogen (secondary N) is 2. The number of halogens is 2. The van der Waals surface area contributed by atoms with Crippen molar-refractivity contribution in [1.82, 2.24) is 15.2 Å². The van der Waals surface area contributed by atoms with Gasteiger partial charge in [-0.05, 0) is 25.1 Å². The molecule has 1 aromatic carbocycles. The SMILES string of the molecule is C[C@H](Sc1n[nH]c(N)n1)C(=O)Nc1cc(Cl)ccc1Cl. The largest absolute Gasteiger partial charge is 0.368 e. The highest BCUT2D eigenvalue weighted by Gasteiger charge is 2.18. The van der Waals surface area contributed by atoms with E-state index in [1.807, 2.05) is 0 Å². The Balaban J connectivity index is 2.02. The van der Waals surface area contributed by atoms with Crippen molar-refractivity contribution in [3.05, 3.63) is 28.2 Å². The summed E-state index contributed by atoms with van der Waals surface area (Å²) in [7, 11) is 0. The first-order valence-electron chi connectivity index (χ1n) is 5.56. The van der Waals surface area contributed by atoms with Crippen LogP contribution < -0.4 is 11.1 Å². The average molecular weight is 332 g/mol. The van der Waals surface area contributed by atoms with Gasteiger partial charge in [-0.25, -0.2) is 5.10 Å². The number of anilines is 2. The molecule has 0 saturated heterocycles. The predicted molar refractivity (Wildman–Crippen MR) is 81.2 cm³/mol. The van der Waals surface area contributed by atoms with Crippen molar-refractivity contribution < 1.29 is 4.79 Å². The van der Waals surface area contributed by atoms with Crippen LogP contribution in [0.3, 0.4) is 0 Å². The summed E-state index contributed by atoms with van der Waals surface area (Å²) in [5.41, 5.74) is 5.88. The van der Waals surface area contributed by atoms with Gasteiger partial charge in [0.1, 0.15) is 0 Å². The Kier molecular flexibility index (Phi) is 4.74. The third kappa shape index (κ3) is 3.78. The first kappa shape index (κ1) is 15.0. The van der Waals surface area contributed by atoms with Gasteiger partial charge in [-0.15, -0.1) is 5.10 Å². The molecule has 20 heavy (non-hydrogen) atoms. The van der Waals surface area contributed by atoms with Crippen LogP contribution in [0.2, 0.25) is 10.0 Å². The Hall–Kier alpha value is -1.44. The van der Waals surface area contributed by atoms with Crippen LogP contribution in [0.25, 0.3) is 0 Å². The lowest BCUT2D eigenvalue weighted by atomic mass is 10.3. The van der Waals surface area contributed by atoms with E-state index in [-0.39, 0.29) is 11.9 Å². The summed E-state index contributed by atoms with van der Waals surface area (Å²) in [6.45, 7) is 1.73. The fraction of sp³-hybridized carbons (Fsp3) is 0.182. The second-order valence-corrected chi connectivity index (χ2v) is 6.03. The maximum atomic E-state index is 12.1. The maximum absolute atomic E-state index is 12.1. The fourth-order valence-corrected chi connectivity index (χ4v) is 2.42. The zero-order valence-electron chi connectivity index (χ0n) is 10.4. The maximum Gasteiger partial charge on any atom is 0.237 e. The van der Waals surface area contributed by atoms with Crippen LogP contribution in [-0.4, -0.2) is 26.3 Å². The zero-order chi connectivity index (χ0) is 14.7. The number of nitrogens with two attached hydrogens (primary N) is 1. The summed E-state index contributed by atoms with van der Waals surface area (Å²) in [6, 6.07) is 4.85. The minimum absolute atomic E-state index is 0.206. The highest BCUT2D eigenvalue weighted by molar-refractivity contribution is 8.00. The van der Waals surface area contributed by atoms with E-state index in [1.165, 1.54) is 11.8 Å². The molecule has 0 bridgehead atoms. The summed E-state index contributed by atoms with van der Waals surface area (Å²) >= 11 is 13.0. The molecule has 0 spiro atoms. The summed E-state index contributed by atoms with van der Waals surface area (Å²) in [6.07, 6.45) is 0. The third-order valence-electron chi connectivity index (χ3n) is 2.32. The van der Waals surface area contributed by atoms with Crippen molar-refractivity contribution in [3.63, 3.8) is 0 Å². The first-order chi connectivity index (χ1) is 9.45. The van der Waals surface area contributed by atoms with Gasteiger partial charge >= 0.3 is 0 Å². The molecule has 2 aromatic rings. The summed E-state index contributed by atoms with van der Waals surface area (Å²) in [5, 5.41) is 9.96. The van der Waals surface area contributed by atoms with Gasteiger partial charge in [0.2, 0.25) is 17.0 Å². The summed E-state index contributed by atoms with van der Waals surface area (Å²) in [4.78, 5) is 16.0. The van der Waals surface area contributed by atoms with Gasteiger partial charge in [-0.2, -0.15) is 4.98 Å². The second-order valence-electron chi connectivity index (χ2n) is 3.88. The Morgan fingerprint density at radius 1 is 1.50 bits per heavy atom. The van der Waals surface area contributed by atoms with E-state index in [0.717, 1.165) is 0 Å². The molecule has 1 heterocycles. The first-order valence-corrected chi connectivity index (χ1v) is 7.19. The number of aromatic nitrogens is 3. The monoisotopic (exact) mass is 331 g/mol. The van der Waals surface area contributed by atoms with Gasteiger partial charge in [0.15, 0.2) is 0 Å². The molecule has 2 rings (SSSR count). The van der Waals surface area contributed by atoms with E-state index in [0.29, 0.717) is 20.9 Å². The van der Waals surface area contributed by atoms with Gasteiger partial charge in [0.05, 0.1) is 16.0 Å². The highest BCUT2D eigenvalue weighted by atomic mass is 35.5. The lowest BCUT2D eigenvalue weighted by molar-refractivity contribution is -0.115. The van der Waals surface area contributed by atoms with Crippen LogP contribution >= 0.6 is 35.0 Å². The molecule has 0 aliphatic heterocycles. The lowest BCUT2D eigenvalue weighted by Crippen LogP contribution is -2.22. The molecule has 4 N–H and O–H groups in total. The number of H-pyrrole nitrogens is 1. The predicted octanol–water partition coefficient (Wildman–Crippen LogP) is 2.81. The molecule has 0 fully saturated rings. The van der Waals surface area contributed by atoms with E-state index in [1.54, 1.807) is 25.1 Å². The Labute approximate surface area is 129 Å². The van der Waals surface area contributed by atoms with Crippen LogP contribution in [0.1, 0.15) is 6.92 Å². The van der Waals surface area contributed by atoms with E-state index < -0.39 is 5.25 Å². The van der Waals surface area contributed by atoms with E-state index in [4.69, 9.17) is 28.9 Å². The number of carbonyl (C=O) groups is 1. The zero-order valence-corrected chi connectivity index (χ0v) is 12.7. The molecular weight excluding hydrogens is 321 g/mol. The Morgan fingerprint density at radius 3 is 2.90 bits per heavy atom. The number of thioether (sulfide) groups is 1.